The van der Waals surface area contributed by atoms with Crippen LogP contribution in [0.1, 0.15) is 37.7 Å². The number of likely N-dealkylation sites (tertiary alicyclic amines) is 1. The number of nitrogens with one attached hydrogen (secondary N) is 2. The van der Waals surface area contributed by atoms with Crippen LogP contribution in [0.2, 0.25) is 0 Å². The summed E-state index contributed by atoms with van der Waals surface area (Å²) >= 11 is 0. The number of aliphatic imine (C=N–C) groups is 1. The van der Waals surface area contributed by atoms with Crippen LogP contribution in [0.15, 0.2) is 29.3 Å². The molecule has 1 saturated heterocycles. The summed E-state index contributed by atoms with van der Waals surface area (Å²) in [7, 11) is 5.93. The van der Waals surface area contributed by atoms with Crippen LogP contribution in [0, 0.1) is 0 Å². The monoisotopic (exact) mass is 389 g/mol. The van der Waals surface area contributed by atoms with E-state index in [1.807, 2.05) is 25.2 Å². The smallest absolute Gasteiger partial charge is 0.191 e. The molecule has 158 valence electrons. The van der Waals surface area contributed by atoms with Crippen molar-refractivity contribution in [1.29, 1.82) is 0 Å². The van der Waals surface area contributed by atoms with Gasteiger partial charge in [-0.3, -0.25) is 4.99 Å². The normalized spacial score (nSPS) is 16.1. The molecule has 0 aromatic heterocycles. The van der Waals surface area contributed by atoms with E-state index < -0.39 is 0 Å². The molecule has 0 spiro atoms. The highest BCUT2D eigenvalue weighted by Gasteiger charge is 2.08. The SMILES string of the molecule is CN=C(NCCCN1CCCCCC1)NCc1ccccc1OCCN(C)C. The fourth-order valence-corrected chi connectivity index (χ4v) is 3.40. The highest BCUT2D eigenvalue weighted by atomic mass is 16.5. The standard InChI is InChI=1S/C22H39N5O/c1-23-22(24-13-10-16-27-14-8-4-5-9-15-27)25-19-20-11-6-7-12-21(20)28-18-17-26(2)3/h6-7,11-12H,4-5,8-10,13-19H2,1-3H3,(H2,23,24,25). The van der Waals surface area contributed by atoms with Crippen LogP contribution >= 0.6 is 0 Å². The van der Waals surface area contributed by atoms with Crippen LogP contribution in [0.4, 0.5) is 0 Å². The molecule has 1 aliphatic heterocycles. The average Bonchev–Trinajstić information content (AvgIpc) is 2.97. The minimum Gasteiger partial charge on any atom is -0.492 e. The van der Waals surface area contributed by atoms with Crippen LogP contribution in [0.5, 0.6) is 5.75 Å². The zero-order valence-corrected chi connectivity index (χ0v) is 18.0. The molecular formula is C22H39N5O. The molecule has 1 heterocycles. The van der Waals surface area contributed by atoms with Crippen molar-refractivity contribution in [1.82, 2.24) is 20.4 Å². The van der Waals surface area contributed by atoms with Gasteiger partial charge in [0.2, 0.25) is 0 Å². The summed E-state index contributed by atoms with van der Waals surface area (Å²) in [5, 5.41) is 6.85. The fourth-order valence-electron chi connectivity index (χ4n) is 3.40. The van der Waals surface area contributed by atoms with Crippen LogP contribution in [0.3, 0.4) is 0 Å². The molecule has 1 fully saturated rings. The predicted octanol–water partition coefficient (Wildman–Crippen LogP) is 2.56. The largest absolute Gasteiger partial charge is 0.492 e. The summed E-state index contributed by atoms with van der Waals surface area (Å²) < 4.78 is 5.94. The molecule has 28 heavy (non-hydrogen) atoms. The van der Waals surface area contributed by atoms with Gasteiger partial charge in [-0.05, 0) is 59.1 Å². The molecular weight excluding hydrogens is 350 g/mol. The second-order valence-corrected chi connectivity index (χ2v) is 7.72. The van der Waals surface area contributed by atoms with Crippen molar-refractivity contribution in [2.75, 3.05) is 60.5 Å². The maximum absolute atomic E-state index is 5.94. The molecule has 6 heteroatoms. The third-order valence-electron chi connectivity index (χ3n) is 5.08. The zero-order valence-electron chi connectivity index (χ0n) is 18.0. The van der Waals surface area contributed by atoms with Gasteiger partial charge in [-0.15, -0.1) is 0 Å². The molecule has 0 amide bonds. The number of ether oxygens (including phenoxy) is 1. The van der Waals surface area contributed by atoms with Crippen molar-refractivity contribution in [3.8, 4) is 5.75 Å². The Bertz CT molecular complexity index is 568. The maximum Gasteiger partial charge on any atom is 0.191 e. The minimum atomic E-state index is 0.688. The van der Waals surface area contributed by atoms with Gasteiger partial charge in [-0.25, -0.2) is 0 Å². The van der Waals surface area contributed by atoms with Gasteiger partial charge in [0, 0.05) is 32.2 Å². The number of nitrogens with zero attached hydrogens (tertiary/aromatic N) is 3. The van der Waals surface area contributed by atoms with Gasteiger partial charge in [-0.1, -0.05) is 31.0 Å². The first kappa shape index (κ1) is 22.5. The van der Waals surface area contributed by atoms with Crippen LogP contribution < -0.4 is 15.4 Å². The van der Waals surface area contributed by atoms with Gasteiger partial charge < -0.3 is 25.2 Å². The lowest BCUT2D eigenvalue weighted by atomic mass is 10.2. The first-order valence-electron chi connectivity index (χ1n) is 10.7. The Labute approximate surface area is 171 Å². The Hall–Kier alpha value is -1.79. The molecule has 0 unspecified atom stereocenters. The third-order valence-corrected chi connectivity index (χ3v) is 5.08. The summed E-state index contributed by atoms with van der Waals surface area (Å²) in [6, 6.07) is 8.20. The van der Waals surface area contributed by atoms with E-state index in [4.69, 9.17) is 4.74 Å². The highest BCUT2D eigenvalue weighted by Crippen LogP contribution is 2.17. The van der Waals surface area contributed by atoms with Crippen molar-refractivity contribution < 1.29 is 4.74 Å². The van der Waals surface area contributed by atoms with E-state index in [0.717, 1.165) is 36.8 Å². The molecule has 0 aliphatic carbocycles. The quantitative estimate of drug-likeness (QED) is 0.366. The van der Waals surface area contributed by atoms with Crippen LogP contribution in [-0.2, 0) is 6.54 Å². The Balaban J connectivity index is 1.70. The van der Waals surface area contributed by atoms with Crippen molar-refractivity contribution in [3.05, 3.63) is 29.8 Å². The lowest BCUT2D eigenvalue weighted by Gasteiger charge is -2.20. The second kappa shape index (κ2) is 13.4. The van der Waals surface area contributed by atoms with Gasteiger partial charge in [0.25, 0.3) is 0 Å². The molecule has 1 aromatic carbocycles. The second-order valence-electron chi connectivity index (χ2n) is 7.72. The Morgan fingerprint density at radius 2 is 1.86 bits per heavy atom. The van der Waals surface area contributed by atoms with E-state index in [2.05, 4.69) is 45.6 Å². The summed E-state index contributed by atoms with van der Waals surface area (Å²) in [5.74, 6) is 1.78. The molecule has 1 aliphatic rings. The zero-order chi connectivity index (χ0) is 20.0. The number of likely N-dealkylation sites (N-methyl/N-ethyl adjacent to an activating group) is 1. The number of guanidine groups is 1. The Morgan fingerprint density at radius 3 is 2.57 bits per heavy atom. The molecule has 0 bridgehead atoms. The maximum atomic E-state index is 5.94. The number of hydrogen-bond donors (Lipinski definition) is 2. The molecule has 0 radical (unpaired) electrons. The van der Waals surface area contributed by atoms with Crippen molar-refractivity contribution >= 4 is 5.96 Å². The van der Waals surface area contributed by atoms with Crippen molar-refractivity contribution in [3.63, 3.8) is 0 Å². The van der Waals surface area contributed by atoms with E-state index in [-0.39, 0.29) is 0 Å². The molecule has 1 aromatic rings. The van der Waals surface area contributed by atoms with E-state index in [1.165, 1.54) is 45.3 Å². The summed E-state index contributed by atoms with van der Waals surface area (Å²) in [5.41, 5.74) is 1.15. The highest BCUT2D eigenvalue weighted by molar-refractivity contribution is 5.79. The summed E-state index contributed by atoms with van der Waals surface area (Å²) in [6.45, 7) is 6.93. The summed E-state index contributed by atoms with van der Waals surface area (Å²) in [6.07, 6.45) is 6.64. The lowest BCUT2D eigenvalue weighted by Crippen LogP contribution is -2.38. The number of hydrogen-bond acceptors (Lipinski definition) is 4. The molecule has 0 atom stereocenters. The molecule has 2 N–H and O–H groups in total. The molecule has 6 nitrogen and oxygen atoms in total. The third kappa shape index (κ3) is 8.93. The van der Waals surface area contributed by atoms with Gasteiger partial charge in [0.15, 0.2) is 5.96 Å². The van der Waals surface area contributed by atoms with Crippen LogP contribution in [-0.4, -0.2) is 76.2 Å². The van der Waals surface area contributed by atoms with Gasteiger partial charge in [-0.2, -0.15) is 0 Å². The fraction of sp³-hybridized carbons (Fsp3) is 0.682. The topological polar surface area (TPSA) is 52.1 Å². The first-order chi connectivity index (χ1) is 13.7. The van der Waals surface area contributed by atoms with E-state index >= 15 is 0 Å². The minimum absolute atomic E-state index is 0.688. The Morgan fingerprint density at radius 1 is 1.11 bits per heavy atom. The summed E-state index contributed by atoms with van der Waals surface area (Å²) in [4.78, 5) is 9.08. The van der Waals surface area contributed by atoms with E-state index in [9.17, 15) is 0 Å². The van der Waals surface area contributed by atoms with E-state index in [0.29, 0.717) is 13.2 Å². The number of para-hydroxylation sites is 1. The molecule has 2 rings (SSSR count). The number of benzene rings is 1. The average molecular weight is 390 g/mol. The molecule has 0 saturated carbocycles. The van der Waals surface area contributed by atoms with E-state index in [1.54, 1.807) is 0 Å². The van der Waals surface area contributed by atoms with Gasteiger partial charge in [0.05, 0.1) is 0 Å². The van der Waals surface area contributed by atoms with Crippen LogP contribution in [0.25, 0.3) is 0 Å². The number of rotatable bonds is 10. The van der Waals surface area contributed by atoms with Gasteiger partial charge in [0.1, 0.15) is 12.4 Å². The van der Waals surface area contributed by atoms with Crippen molar-refractivity contribution in [2.45, 2.75) is 38.6 Å². The predicted molar refractivity (Wildman–Crippen MR) is 118 cm³/mol. The van der Waals surface area contributed by atoms with Gasteiger partial charge >= 0.3 is 0 Å². The lowest BCUT2D eigenvalue weighted by molar-refractivity contribution is 0.259. The first-order valence-corrected chi connectivity index (χ1v) is 10.7. The Kier molecular flexibility index (Phi) is 10.8. The van der Waals surface area contributed by atoms with Crippen molar-refractivity contribution in [2.24, 2.45) is 4.99 Å².